The summed E-state index contributed by atoms with van der Waals surface area (Å²) < 4.78 is 0. The number of hydrogen-bond donors (Lipinski definition) is 1. The Labute approximate surface area is 107 Å². The molecule has 2 aliphatic heterocycles. The van der Waals surface area contributed by atoms with Crippen LogP contribution in [0, 0.1) is 0 Å². The Kier molecular flexibility index (Phi) is 3.71. The fourth-order valence-corrected chi connectivity index (χ4v) is 3.42. The lowest BCUT2D eigenvalue weighted by molar-refractivity contribution is 0.0981. The van der Waals surface area contributed by atoms with Gasteiger partial charge in [-0.2, -0.15) is 0 Å². The van der Waals surface area contributed by atoms with Crippen LogP contribution < -0.4 is 5.32 Å². The molecular weight excluding hydrogens is 232 g/mol. The second-order valence-electron chi connectivity index (χ2n) is 4.88. The molecule has 1 aromatic rings. The summed E-state index contributed by atoms with van der Waals surface area (Å²) in [5, 5.41) is 6.77. The Morgan fingerprint density at radius 1 is 1.35 bits per heavy atom. The molecule has 1 N–H and O–H groups in total. The van der Waals surface area contributed by atoms with Gasteiger partial charge in [0, 0.05) is 50.3 Å². The van der Waals surface area contributed by atoms with Gasteiger partial charge < -0.3 is 5.32 Å². The molecule has 0 saturated carbocycles. The van der Waals surface area contributed by atoms with Crippen LogP contribution in [0.25, 0.3) is 0 Å². The molecule has 4 nitrogen and oxygen atoms in total. The molecule has 2 fully saturated rings. The van der Waals surface area contributed by atoms with Crippen molar-refractivity contribution in [1.82, 2.24) is 20.1 Å². The van der Waals surface area contributed by atoms with Gasteiger partial charge in [-0.15, -0.1) is 11.3 Å². The zero-order valence-corrected chi connectivity index (χ0v) is 11.0. The fraction of sp³-hybridized carbons (Fsp3) is 0.750. The molecule has 2 saturated heterocycles. The van der Waals surface area contributed by atoms with E-state index in [2.05, 4.69) is 25.5 Å². The van der Waals surface area contributed by atoms with E-state index in [1.807, 2.05) is 6.20 Å². The number of thiazole rings is 1. The molecule has 3 heterocycles. The summed E-state index contributed by atoms with van der Waals surface area (Å²) in [5.41, 5.74) is 0. The molecule has 0 aromatic carbocycles. The molecule has 17 heavy (non-hydrogen) atoms. The average Bonchev–Trinajstić information content (AvgIpc) is 3.01. The molecule has 0 bridgehead atoms. The number of nitrogens with one attached hydrogen (secondary N) is 1. The van der Waals surface area contributed by atoms with E-state index in [4.69, 9.17) is 0 Å². The third-order valence-corrected chi connectivity index (χ3v) is 4.56. The Balaban J connectivity index is 1.47. The summed E-state index contributed by atoms with van der Waals surface area (Å²) >= 11 is 1.77. The van der Waals surface area contributed by atoms with Crippen molar-refractivity contribution in [1.29, 1.82) is 0 Å². The van der Waals surface area contributed by atoms with Crippen molar-refractivity contribution < 1.29 is 0 Å². The number of nitrogens with zero attached hydrogens (tertiary/aromatic N) is 3. The van der Waals surface area contributed by atoms with Crippen LogP contribution in [0.3, 0.4) is 0 Å². The molecule has 0 aliphatic carbocycles. The summed E-state index contributed by atoms with van der Waals surface area (Å²) in [6.07, 6.45) is 3.23. The van der Waals surface area contributed by atoms with E-state index >= 15 is 0 Å². The van der Waals surface area contributed by atoms with Crippen molar-refractivity contribution >= 4 is 11.3 Å². The lowest BCUT2D eigenvalue weighted by Crippen LogP contribution is -2.50. The van der Waals surface area contributed by atoms with Gasteiger partial charge in [0.05, 0.1) is 6.54 Å². The van der Waals surface area contributed by atoms with Crippen molar-refractivity contribution in [2.75, 3.05) is 39.3 Å². The SMILES string of the molecule is c1csc(CN2CCN(C3CCNC3)CC2)n1. The van der Waals surface area contributed by atoms with E-state index in [-0.39, 0.29) is 0 Å². The Morgan fingerprint density at radius 2 is 2.24 bits per heavy atom. The first-order valence-corrected chi connectivity index (χ1v) is 7.35. The minimum Gasteiger partial charge on any atom is -0.315 e. The molecule has 1 unspecified atom stereocenters. The normalized spacial score (nSPS) is 27.6. The van der Waals surface area contributed by atoms with Crippen LogP contribution in [0.15, 0.2) is 11.6 Å². The minimum atomic E-state index is 0.789. The molecule has 0 amide bonds. The van der Waals surface area contributed by atoms with Gasteiger partial charge >= 0.3 is 0 Å². The van der Waals surface area contributed by atoms with Crippen LogP contribution in [0.5, 0.6) is 0 Å². The quantitative estimate of drug-likeness (QED) is 0.855. The van der Waals surface area contributed by atoms with E-state index < -0.39 is 0 Å². The molecule has 3 rings (SSSR count). The second kappa shape index (κ2) is 5.44. The standard InChI is InChI=1S/C12H20N4S/c1-2-13-9-11(1)16-6-4-15(5-7-16)10-12-14-3-8-17-12/h3,8,11,13H,1-2,4-7,9-10H2. The predicted molar refractivity (Wildman–Crippen MR) is 70.2 cm³/mol. The van der Waals surface area contributed by atoms with E-state index in [9.17, 15) is 0 Å². The highest BCUT2D eigenvalue weighted by Crippen LogP contribution is 2.14. The highest BCUT2D eigenvalue weighted by molar-refractivity contribution is 7.09. The first-order valence-electron chi connectivity index (χ1n) is 6.47. The zero-order valence-electron chi connectivity index (χ0n) is 10.1. The number of piperazine rings is 1. The van der Waals surface area contributed by atoms with Gasteiger partial charge in [0.25, 0.3) is 0 Å². The van der Waals surface area contributed by atoms with E-state index in [1.54, 1.807) is 11.3 Å². The van der Waals surface area contributed by atoms with Gasteiger partial charge in [-0.05, 0) is 13.0 Å². The Morgan fingerprint density at radius 3 is 2.88 bits per heavy atom. The maximum absolute atomic E-state index is 4.36. The van der Waals surface area contributed by atoms with E-state index in [0.29, 0.717) is 0 Å². The highest BCUT2D eigenvalue weighted by Gasteiger charge is 2.25. The van der Waals surface area contributed by atoms with Gasteiger partial charge in [-0.25, -0.2) is 4.98 Å². The minimum absolute atomic E-state index is 0.789. The van der Waals surface area contributed by atoms with Crippen LogP contribution in [0.1, 0.15) is 11.4 Å². The summed E-state index contributed by atoms with van der Waals surface area (Å²) in [7, 11) is 0. The first kappa shape index (κ1) is 11.6. The number of aromatic nitrogens is 1. The topological polar surface area (TPSA) is 31.4 Å². The average molecular weight is 252 g/mol. The van der Waals surface area contributed by atoms with E-state index in [0.717, 1.165) is 12.6 Å². The van der Waals surface area contributed by atoms with Crippen LogP contribution >= 0.6 is 11.3 Å². The van der Waals surface area contributed by atoms with Crippen LogP contribution in [0.4, 0.5) is 0 Å². The Bertz CT molecular complexity index is 326. The number of rotatable bonds is 3. The maximum Gasteiger partial charge on any atom is 0.107 e. The lowest BCUT2D eigenvalue weighted by Gasteiger charge is -2.37. The fourth-order valence-electron chi connectivity index (χ4n) is 2.76. The van der Waals surface area contributed by atoms with Crippen molar-refractivity contribution in [2.45, 2.75) is 19.0 Å². The smallest absolute Gasteiger partial charge is 0.107 e. The van der Waals surface area contributed by atoms with Crippen molar-refractivity contribution in [3.8, 4) is 0 Å². The second-order valence-corrected chi connectivity index (χ2v) is 5.86. The molecule has 1 atom stereocenters. The van der Waals surface area contributed by atoms with Crippen LogP contribution in [-0.4, -0.2) is 60.1 Å². The van der Waals surface area contributed by atoms with Gasteiger partial charge in [-0.3, -0.25) is 9.80 Å². The van der Waals surface area contributed by atoms with Crippen LogP contribution in [0.2, 0.25) is 0 Å². The molecule has 0 spiro atoms. The van der Waals surface area contributed by atoms with Gasteiger partial charge in [-0.1, -0.05) is 0 Å². The molecule has 94 valence electrons. The third-order valence-electron chi connectivity index (χ3n) is 3.80. The summed E-state index contributed by atoms with van der Waals surface area (Å²) in [4.78, 5) is 9.54. The van der Waals surface area contributed by atoms with Crippen molar-refractivity contribution in [3.05, 3.63) is 16.6 Å². The molecule has 2 aliphatic rings. The third kappa shape index (κ3) is 2.85. The number of hydrogen-bond acceptors (Lipinski definition) is 5. The largest absolute Gasteiger partial charge is 0.315 e. The molecule has 5 heteroatoms. The van der Waals surface area contributed by atoms with Gasteiger partial charge in [0.2, 0.25) is 0 Å². The first-order chi connectivity index (χ1) is 8.42. The summed E-state index contributed by atoms with van der Waals surface area (Å²) in [5.74, 6) is 0. The van der Waals surface area contributed by atoms with E-state index in [1.165, 1.54) is 50.7 Å². The monoisotopic (exact) mass is 252 g/mol. The summed E-state index contributed by atoms with van der Waals surface area (Å²) in [6, 6.07) is 0.789. The van der Waals surface area contributed by atoms with Gasteiger partial charge in [0.1, 0.15) is 5.01 Å². The highest BCUT2D eigenvalue weighted by atomic mass is 32.1. The Hall–Kier alpha value is -0.490. The zero-order chi connectivity index (χ0) is 11.5. The van der Waals surface area contributed by atoms with Crippen molar-refractivity contribution in [2.24, 2.45) is 0 Å². The summed E-state index contributed by atoms with van der Waals surface area (Å²) in [6.45, 7) is 8.24. The predicted octanol–water partition coefficient (Wildman–Crippen LogP) is 0.623. The maximum atomic E-state index is 4.36. The van der Waals surface area contributed by atoms with Crippen LogP contribution in [-0.2, 0) is 6.54 Å². The lowest BCUT2D eigenvalue weighted by atomic mass is 10.2. The van der Waals surface area contributed by atoms with Gasteiger partial charge in [0.15, 0.2) is 0 Å². The van der Waals surface area contributed by atoms with Crippen molar-refractivity contribution in [3.63, 3.8) is 0 Å². The molecule has 1 aromatic heterocycles. The molecular formula is C12H20N4S. The molecule has 0 radical (unpaired) electrons.